The van der Waals surface area contributed by atoms with Crippen LogP contribution >= 0.6 is 0 Å². The Labute approximate surface area is 85.9 Å². The first kappa shape index (κ1) is 10.9. The highest BCUT2D eigenvalue weighted by Gasteiger charge is 2.10. The molecule has 0 saturated carbocycles. The molecule has 0 aromatic heterocycles. The summed E-state index contributed by atoms with van der Waals surface area (Å²) in [6.07, 6.45) is 0. The van der Waals surface area contributed by atoms with Crippen LogP contribution in [-0.2, 0) is 0 Å². The topological polar surface area (TPSA) is 41.3 Å². The minimum absolute atomic E-state index is 0.380. The summed E-state index contributed by atoms with van der Waals surface area (Å²) in [5.41, 5.74) is 12.1. The van der Waals surface area contributed by atoms with E-state index >= 15 is 0 Å². The number of rotatable bonds is 3. The van der Waals surface area contributed by atoms with Crippen LogP contribution in [0.25, 0.3) is 0 Å². The lowest BCUT2D eigenvalue weighted by molar-refractivity contribution is 0.616. The number of nitrogens with two attached hydrogens (primary N) is 1. The standard InChI is InChI=1S/C11H19N3/c1-8(2)14(13-4)11-6-5-9(3)7-10(11)12/h5-8,13H,12H2,1-4H3. The van der Waals surface area contributed by atoms with Crippen LogP contribution in [0, 0.1) is 6.92 Å². The molecule has 0 amide bonds. The van der Waals surface area contributed by atoms with Gasteiger partial charge < -0.3 is 10.7 Å². The second kappa shape index (κ2) is 4.33. The Kier molecular flexibility index (Phi) is 3.36. The first-order chi connectivity index (χ1) is 6.56. The van der Waals surface area contributed by atoms with Gasteiger partial charge in [-0.2, -0.15) is 0 Å². The van der Waals surface area contributed by atoms with E-state index < -0.39 is 0 Å². The molecule has 0 atom stereocenters. The molecule has 78 valence electrons. The summed E-state index contributed by atoms with van der Waals surface area (Å²) in [6, 6.07) is 6.48. The fourth-order valence-corrected chi connectivity index (χ4v) is 1.55. The van der Waals surface area contributed by atoms with E-state index in [2.05, 4.69) is 30.3 Å². The third kappa shape index (κ3) is 2.17. The smallest absolute Gasteiger partial charge is 0.0752 e. The van der Waals surface area contributed by atoms with Crippen molar-refractivity contribution in [2.45, 2.75) is 26.8 Å². The molecule has 3 heteroatoms. The first-order valence-electron chi connectivity index (χ1n) is 4.89. The SMILES string of the molecule is CNN(c1ccc(C)cc1N)C(C)C. The minimum atomic E-state index is 0.380. The fourth-order valence-electron chi connectivity index (χ4n) is 1.55. The Bertz CT molecular complexity index is 307. The van der Waals surface area contributed by atoms with Gasteiger partial charge in [-0.05, 0) is 38.5 Å². The molecule has 0 bridgehead atoms. The highest BCUT2D eigenvalue weighted by atomic mass is 15.5. The van der Waals surface area contributed by atoms with Crippen LogP contribution in [0.15, 0.2) is 18.2 Å². The Morgan fingerprint density at radius 3 is 2.43 bits per heavy atom. The molecular formula is C11H19N3. The monoisotopic (exact) mass is 193 g/mol. The highest BCUT2D eigenvalue weighted by molar-refractivity contribution is 5.68. The molecule has 0 unspecified atom stereocenters. The van der Waals surface area contributed by atoms with Gasteiger partial charge in [0, 0.05) is 13.1 Å². The molecule has 1 rings (SSSR count). The molecule has 3 N–H and O–H groups in total. The van der Waals surface area contributed by atoms with Gasteiger partial charge in [-0.15, -0.1) is 0 Å². The zero-order chi connectivity index (χ0) is 10.7. The maximum Gasteiger partial charge on any atom is 0.0752 e. The van der Waals surface area contributed by atoms with Crippen LogP contribution in [0.5, 0.6) is 0 Å². The van der Waals surface area contributed by atoms with Crippen molar-refractivity contribution in [3.8, 4) is 0 Å². The predicted octanol–water partition coefficient (Wildman–Crippen LogP) is 1.93. The van der Waals surface area contributed by atoms with Crippen molar-refractivity contribution in [3.05, 3.63) is 23.8 Å². The van der Waals surface area contributed by atoms with Gasteiger partial charge in [0.25, 0.3) is 0 Å². The van der Waals surface area contributed by atoms with Gasteiger partial charge in [0.05, 0.1) is 11.4 Å². The fraction of sp³-hybridized carbons (Fsp3) is 0.455. The van der Waals surface area contributed by atoms with Crippen molar-refractivity contribution in [1.82, 2.24) is 5.43 Å². The molecule has 0 radical (unpaired) electrons. The van der Waals surface area contributed by atoms with Crippen molar-refractivity contribution >= 4 is 11.4 Å². The van der Waals surface area contributed by atoms with E-state index in [1.807, 2.05) is 26.1 Å². The number of hydrazine groups is 1. The van der Waals surface area contributed by atoms with Crippen LogP contribution in [0.3, 0.4) is 0 Å². The molecule has 3 nitrogen and oxygen atoms in total. The maximum atomic E-state index is 5.95. The summed E-state index contributed by atoms with van der Waals surface area (Å²) in [7, 11) is 1.90. The van der Waals surface area contributed by atoms with E-state index in [-0.39, 0.29) is 0 Å². The van der Waals surface area contributed by atoms with Gasteiger partial charge in [0.15, 0.2) is 0 Å². The zero-order valence-electron chi connectivity index (χ0n) is 9.33. The zero-order valence-corrected chi connectivity index (χ0v) is 9.33. The van der Waals surface area contributed by atoms with E-state index in [0.717, 1.165) is 11.4 Å². The lowest BCUT2D eigenvalue weighted by Crippen LogP contribution is -2.41. The highest BCUT2D eigenvalue weighted by Crippen LogP contribution is 2.24. The van der Waals surface area contributed by atoms with Crippen LogP contribution in [0.1, 0.15) is 19.4 Å². The van der Waals surface area contributed by atoms with Crippen molar-refractivity contribution in [2.24, 2.45) is 0 Å². The van der Waals surface area contributed by atoms with E-state index in [0.29, 0.717) is 6.04 Å². The van der Waals surface area contributed by atoms with Crippen molar-refractivity contribution < 1.29 is 0 Å². The van der Waals surface area contributed by atoms with E-state index in [4.69, 9.17) is 5.73 Å². The molecule has 0 saturated heterocycles. The maximum absolute atomic E-state index is 5.95. The van der Waals surface area contributed by atoms with E-state index in [1.165, 1.54) is 5.56 Å². The Morgan fingerprint density at radius 1 is 1.36 bits per heavy atom. The number of anilines is 2. The van der Waals surface area contributed by atoms with Crippen LogP contribution in [-0.4, -0.2) is 13.1 Å². The van der Waals surface area contributed by atoms with Gasteiger partial charge >= 0.3 is 0 Å². The summed E-state index contributed by atoms with van der Waals surface area (Å²) in [4.78, 5) is 0. The summed E-state index contributed by atoms with van der Waals surface area (Å²) in [5.74, 6) is 0. The summed E-state index contributed by atoms with van der Waals surface area (Å²) in [6.45, 7) is 6.28. The Hall–Kier alpha value is -1.22. The number of aryl methyl sites for hydroxylation is 1. The van der Waals surface area contributed by atoms with Crippen LogP contribution < -0.4 is 16.2 Å². The molecule has 0 heterocycles. The number of nitrogens with zero attached hydrogens (tertiary/aromatic N) is 1. The van der Waals surface area contributed by atoms with Crippen LogP contribution in [0.4, 0.5) is 11.4 Å². The lowest BCUT2D eigenvalue weighted by atomic mass is 10.2. The number of benzene rings is 1. The quantitative estimate of drug-likeness (QED) is 0.569. The van der Waals surface area contributed by atoms with Crippen LogP contribution in [0.2, 0.25) is 0 Å². The molecule has 1 aromatic carbocycles. The minimum Gasteiger partial charge on any atom is -0.397 e. The van der Waals surface area contributed by atoms with Gasteiger partial charge in [-0.25, -0.2) is 5.43 Å². The molecule has 0 aliphatic carbocycles. The van der Waals surface area contributed by atoms with Crippen molar-refractivity contribution in [3.63, 3.8) is 0 Å². The average molecular weight is 193 g/mol. The first-order valence-corrected chi connectivity index (χ1v) is 4.89. The van der Waals surface area contributed by atoms with E-state index in [1.54, 1.807) is 0 Å². The number of hydrogen-bond acceptors (Lipinski definition) is 3. The Morgan fingerprint density at radius 2 is 2.00 bits per heavy atom. The second-order valence-corrected chi connectivity index (χ2v) is 3.75. The molecular weight excluding hydrogens is 174 g/mol. The van der Waals surface area contributed by atoms with Crippen molar-refractivity contribution in [1.29, 1.82) is 0 Å². The third-order valence-corrected chi connectivity index (χ3v) is 2.20. The Balaban J connectivity index is 3.04. The molecule has 1 aromatic rings. The summed E-state index contributed by atoms with van der Waals surface area (Å²) < 4.78 is 0. The molecule has 14 heavy (non-hydrogen) atoms. The lowest BCUT2D eigenvalue weighted by Gasteiger charge is -2.28. The third-order valence-electron chi connectivity index (χ3n) is 2.20. The largest absolute Gasteiger partial charge is 0.397 e. The van der Waals surface area contributed by atoms with Gasteiger partial charge in [0.2, 0.25) is 0 Å². The molecule has 0 aliphatic rings. The predicted molar refractivity (Wildman–Crippen MR) is 62.3 cm³/mol. The molecule has 0 aliphatic heterocycles. The number of hydrogen-bond donors (Lipinski definition) is 2. The molecule has 0 fully saturated rings. The summed E-state index contributed by atoms with van der Waals surface area (Å²) in [5, 5.41) is 2.05. The second-order valence-electron chi connectivity index (χ2n) is 3.75. The summed E-state index contributed by atoms with van der Waals surface area (Å²) >= 11 is 0. The normalized spacial score (nSPS) is 10.6. The molecule has 0 spiro atoms. The van der Waals surface area contributed by atoms with Gasteiger partial charge in [0.1, 0.15) is 0 Å². The van der Waals surface area contributed by atoms with Gasteiger partial charge in [-0.3, -0.25) is 0 Å². The van der Waals surface area contributed by atoms with Gasteiger partial charge in [-0.1, -0.05) is 6.07 Å². The number of nitrogens with one attached hydrogen (secondary N) is 1. The van der Waals surface area contributed by atoms with Crippen molar-refractivity contribution in [2.75, 3.05) is 17.8 Å². The average Bonchev–Trinajstić information content (AvgIpc) is 2.09. The number of nitrogen functional groups attached to an aromatic ring is 1. The van der Waals surface area contributed by atoms with E-state index in [9.17, 15) is 0 Å².